The van der Waals surface area contributed by atoms with E-state index in [4.69, 9.17) is 14.2 Å². The third kappa shape index (κ3) is 4.61. The third-order valence-electron chi connectivity index (χ3n) is 4.46. The molecule has 1 heterocycles. The van der Waals surface area contributed by atoms with Gasteiger partial charge >= 0.3 is 0 Å². The first-order valence-electron chi connectivity index (χ1n) is 9.16. The number of methoxy groups -OCH3 is 1. The second-order valence-corrected chi connectivity index (χ2v) is 6.35. The first-order valence-corrected chi connectivity index (χ1v) is 9.16. The van der Waals surface area contributed by atoms with Gasteiger partial charge in [-0.2, -0.15) is 0 Å². The Morgan fingerprint density at radius 2 is 1.68 bits per heavy atom. The Hall–Kier alpha value is -3.06. The third-order valence-corrected chi connectivity index (χ3v) is 4.46. The number of benzene rings is 2. The maximum Gasteiger partial charge on any atom is 0.265 e. The van der Waals surface area contributed by atoms with Gasteiger partial charge in [0.15, 0.2) is 17.6 Å². The predicted octanol–water partition coefficient (Wildman–Crippen LogP) is 2.57. The molecule has 2 aromatic carbocycles. The summed E-state index contributed by atoms with van der Waals surface area (Å²) < 4.78 is 16.3. The van der Waals surface area contributed by atoms with E-state index >= 15 is 0 Å². The first kappa shape index (κ1) is 19.7. The molecule has 28 heavy (non-hydrogen) atoms. The molecule has 1 N–H and O–H groups in total. The zero-order chi connectivity index (χ0) is 19.9. The van der Waals surface area contributed by atoms with Crippen molar-refractivity contribution < 1.29 is 23.8 Å². The van der Waals surface area contributed by atoms with Gasteiger partial charge in [-0.05, 0) is 31.2 Å². The van der Waals surface area contributed by atoms with Gasteiger partial charge < -0.3 is 24.4 Å². The van der Waals surface area contributed by atoms with Crippen LogP contribution in [0.5, 0.6) is 11.5 Å². The zero-order valence-corrected chi connectivity index (χ0v) is 16.0. The van der Waals surface area contributed by atoms with E-state index in [0.717, 1.165) is 0 Å². The van der Waals surface area contributed by atoms with Crippen LogP contribution in [-0.2, 0) is 9.53 Å². The minimum atomic E-state index is -0.775. The van der Waals surface area contributed by atoms with Crippen molar-refractivity contribution in [3.63, 3.8) is 0 Å². The maximum atomic E-state index is 12.8. The van der Waals surface area contributed by atoms with Crippen LogP contribution in [0.25, 0.3) is 0 Å². The van der Waals surface area contributed by atoms with Crippen LogP contribution in [0.1, 0.15) is 17.3 Å². The van der Waals surface area contributed by atoms with Crippen LogP contribution in [0.2, 0.25) is 0 Å². The van der Waals surface area contributed by atoms with Gasteiger partial charge in [0.2, 0.25) is 0 Å². The van der Waals surface area contributed by atoms with E-state index in [9.17, 15) is 9.59 Å². The minimum Gasteiger partial charge on any atom is -0.493 e. The van der Waals surface area contributed by atoms with Crippen molar-refractivity contribution in [3.8, 4) is 11.5 Å². The van der Waals surface area contributed by atoms with Crippen molar-refractivity contribution in [2.75, 3.05) is 38.7 Å². The lowest BCUT2D eigenvalue weighted by Crippen LogP contribution is -2.41. The van der Waals surface area contributed by atoms with Gasteiger partial charge in [-0.1, -0.05) is 24.3 Å². The molecular weight excluding hydrogens is 360 g/mol. The van der Waals surface area contributed by atoms with Gasteiger partial charge in [-0.15, -0.1) is 0 Å². The van der Waals surface area contributed by atoms with Crippen LogP contribution in [-0.4, -0.2) is 56.2 Å². The van der Waals surface area contributed by atoms with Crippen LogP contribution >= 0.6 is 0 Å². The van der Waals surface area contributed by atoms with Gasteiger partial charge in [0.25, 0.3) is 11.8 Å². The van der Waals surface area contributed by atoms with Crippen LogP contribution in [0.15, 0.2) is 48.5 Å². The molecule has 7 heteroatoms. The van der Waals surface area contributed by atoms with Gasteiger partial charge in [0.05, 0.1) is 31.6 Å². The summed E-state index contributed by atoms with van der Waals surface area (Å²) in [5.41, 5.74) is 0.904. The Bertz CT molecular complexity index is 833. The fraction of sp³-hybridized carbons (Fsp3) is 0.333. The molecule has 148 valence electrons. The number of hydrogen-bond acceptors (Lipinski definition) is 5. The molecule has 1 atom stereocenters. The van der Waals surface area contributed by atoms with E-state index in [1.165, 1.54) is 0 Å². The molecule has 0 spiro atoms. The number of amides is 2. The summed E-state index contributed by atoms with van der Waals surface area (Å²) in [5, 5.41) is 2.80. The molecule has 0 radical (unpaired) electrons. The molecule has 2 aromatic rings. The summed E-state index contributed by atoms with van der Waals surface area (Å²) in [6.45, 7) is 3.76. The highest BCUT2D eigenvalue weighted by Gasteiger charge is 2.23. The minimum absolute atomic E-state index is 0.127. The van der Waals surface area contributed by atoms with Gasteiger partial charge in [0.1, 0.15) is 0 Å². The highest BCUT2D eigenvalue weighted by molar-refractivity contribution is 6.04. The summed E-state index contributed by atoms with van der Waals surface area (Å²) in [4.78, 5) is 27.2. The Balaban J connectivity index is 1.70. The molecule has 2 amide bonds. The number of nitrogens with zero attached hydrogens (tertiary/aromatic N) is 1. The largest absolute Gasteiger partial charge is 0.493 e. The molecule has 1 unspecified atom stereocenters. The Kier molecular flexibility index (Phi) is 6.49. The standard InChI is InChI=1S/C21H24N2O5/c1-15(28-19-10-6-5-9-18(19)26-2)20(24)22-17-8-4-3-7-16(17)21(25)23-11-13-27-14-12-23/h3-10,15H,11-14H2,1-2H3,(H,22,24). The quantitative estimate of drug-likeness (QED) is 0.828. The van der Waals surface area contributed by atoms with Crippen molar-refractivity contribution in [3.05, 3.63) is 54.1 Å². The smallest absolute Gasteiger partial charge is 0.265 e. The van der Waals surface area contributed by atoms with Gasteiger partial charge in [0, 0.05) is 13.1 Å². The molecular formula is C21H24N2O5. The molecule has 7 nitrogen and oxygen atoms in total. The second kappa shape index (κ2) is 9.23. The van der Waals surface area contributed by atoms with Crippen molar-refractivity contribution >= 4 is 17.5 Å². The van der Waals surface area contributed by atoms with Gasteiger partial charge in [-0.25, -0.2) is 0 Å². The highest BCUT2D eigenvalue weighted by atomic mass is 16.5. The lowest BCUT2D eigenvalue weighted by atomic mass is 10.1. The summed E-state index contributed by atoms with van der Waals surface area (Å²) in [6.07, 6.45) is -0.775. The fourth-order valence-corrected chi connectivity index (χ4v) is 2.91. The molecule has 1 fully saturated rings. The Morgan fingerprint density at radius 1 is 1.04 bits per heavy atom. The average Bonchev–Trinajstić information content (AvgIpc) is 2.74. The summed E-state index contributed by atoms with van der Waals surface area (Å²) in [6, 6.07) is 14.1. The van der Waals surface area contributed by atoms with E-state index in [1.807, 2.05) is 6.07 Å². The van der Waals surface area contributed by atoms with E-state index in [2.05, 4.69) is 5.32 Å². The molecule has 0 saturated carbocycles. The topological polar surface area (TPSA) is 77.1 Å². The molecule has 0 bridgehead atoms. The zero-order valence-electron chi connectivity index (χ0n) is 16.0. The van der Waals surface area contributed by atoms with E-state index in [0.29, 0.717) is 49.1 Å². The SMILES string of the molecule is COc1ccccc1OC(C)C(=O)Nc1ccccc1C(=O)N1CCOCC1. The number of para-hydroxylation sites is 3. The molecule has 0 aliphatic carbocycles. The van der Waals surface area contributed by atoms with Crippen molar-refractivity contribution in [1.82, 2.24) is 4.90 Å². The van der Waals surface area contributed by atoms with E-state index < -0.39 is 6.10 Å². The van der Waals surface area contributed by atoms with Gasteiger partial charge in [-0.3, -0.25) is 9.59 Å². The molecule has 0 aromatic heterocycles. The average molecular weight is 384 g/mol. The lowest BCUT2D eigenvalue weighted by Gasteiger charge is -2.27. The Morgan fingerprint density at radius 3 is 2.39 bits per heavy atom. The number of rotatable bonds is 6. The van der Waals surface area contributed by atoms with Crippen LogP contribution < -0.4 is 14.8 Å². The number of carbonyl (C=O) groups excluding carboxylic acids is 2. The normalized spacial score (nSPS) is 14.9. The van der Waals surface area contributed by atoms with E-state index in [1.54, 1.807) is 61.4 Å². The first-order chi connectivity index (χ1) is 13.6. The number of carbonyl (C=O) groups is 2. The van der Waals surface area contributed by atoms with Crippen molar-refractivity contribution in [2.24, 2.45) is 0 Å². The lowest BCUT2D eigenvalue weighted by molar-refractivity contribution is -0.122. The second-order valence-electron chi connectivity index (χ2n) is 6.35. The summed E-state index contributed by atoms with van der Waals surface area (Å²) in [5.74, 6) is 0.543. The monoisotopic (exact) mass is 384 g/mol. The fourth-order valence-electron chi connectivity index (χ4n) is 2.91. The predicted molar refractivity (Wildman–Crippen MR) is 105 cm³/mol. The number of ether oxygens (including phenoxy) is 3. The summed E-state index contributed by atoms with van der Waals surface area (Å²) in [7, 11) is 1.54. The van der Waals surface area contributed by atoms with Crippen LogP contribution in [0.4, 0.5) is 5.69 Å². The maximum absolute atomic E-state index is 12.8. The van der Waals surface area contributed by atoms with Crippen LogP contribution in [0.3, 0.4) is 0 Å². The molecule has 1 aliphatic heterocycles. The summed E-state index contributed by atoms with van der Waals surface area (Å²) >= 11 is 0. The number of anilines is 1. The number of hydrogen-bond donors (Lipinski definition) is 1. The van der Waals surface area contributed by atoms with Crippen molar-refractivity contribution in [2.45, 2.75) is 13.0 Å². The molecule has 1 saturated heterocycles. The Labute approximate surface area is 164 Å². The highest BCUT2D eigenvalue weighted by Crippen LogP contribution is 2.27. The van der Waals surface area contributed by atoms with Crippen molar-refractivity contribution in [1.29, 1.82) is 0 Å². The number of nitrogens with one attached hydrogen (secondary N) is 1. The van der Waals surface area contributed by atoms with Crippen LogP contribution in [0, 0.1) is 0 Å². The number of morpholine rings is 1. The molecule has 1 aliphatic rings. The molecule has 3 rings (SSSR count). The van der Waals surface area contributed by atoms with E-state index in [-0.39, 0.29) is 11.8 Å².